The summed E-state index contributed by atoms with van der Waals surface area (Å²) in [6, 6.07) is -1.55. The molecule has 1 amide bonds. The van der Waals surface area contributed by atoms with Gasteiger partial charge in [-0.1, -0.05) is 0 Å². The molecule has 10 heteroatoms. The number of aliphatic carboxylic acids is 1. The predicted molar refractivity (Wildman–Crippen MR) is 46.6 cm³/mol. The van der Waals surface area contributed by atoms with E-state index in [1.165, 1.54) is 0 Å². The second-order valence-corrected chi connectivity index (χ2v) is 3.69. The van der Waals surface area contributed by atoms with Gasteiger partial charge in [0.1, 0.15) is 0 Å². The van der Waals surface area contributed by atoms with Gasteiger partial charge in [0.05, 0.1) is 13.2 Å². The van der Waals surface area contributed by atoms with Gasteiger partial charge in [0.25, 0.3) is 0 Å². The molecule has 1 atom stereocenters. The highest BCUT2D eigenvalue weighted by molar-refractivity contribution is 7.46. The van der Waals surface area contributed by atoms with E-state index in [0.717, 1.165) is 0 Å². The minimum Gasteiger partial charge on any atom is -0.480 e. The molecule has 0 aromatic rings. The molecule has 0 unspecified atom stereocenters. The minimum absolute atomic E-state index is 0.431. The predicted octanol–water partition coefficient (Wildman–Crippen LogP) is -2.38. The van der Waals surface area contributed by atoms with Crippen LogP contribution >= 0.6 is 7.82 Å². The van der Waals surface area contributed by atoms with E-state index in [1.54, 1.807) is 0 Å². The maximum absolute atomic E-state index is 10.7. The van der Waals surface area contributed by atoms with Gasteiger partial charge in [-0.15, -0.1) is 0 Å². The SMILES string of the molecule is NCC(=O)N[C@@H](COP(=O)(O)O)C(=O)O. The van der Waals surface area contributed by atoms with Gasteiger partial charge in [-0.25, -0.2) is 9.36 Å². The number of carboxylic acid groups (broad SMARTS) is 1. The standard InChI is InChI=1S/C5H11N2O7P/c6-1-4(8)7-3(5(9)10)2-14-15(11,12)13/h3H,1-2,6H2,(H,7,8)(H,9,10)(H2,11,12,13)/t3-/m0/s1. The summed E-state index contributed by atoms with van der Waals surface area (Å²) in [7, 11) is -4.76. The summed E-state index contributed by atoms with van der Waals surface area (Å²) in [5.41, 5.74) is 4.90. The van der Waals surface area contributed by atoms with Gasteiger partial charge in [0.2, 0.25) is 5.91 Å². The van der Waals surface area contributed by atoms with Crippen molar-refractivity contribution in [2.45, 2.75) is 6.04 Å². The summed E-state index contributed by atoms with van der Waals surface area (Å²) in [5.74, 6) is -2.25. The Balaban J connectivity index is 4.24. The number of nitrogens with one attached hydrogen (secondary N) is 1. The van der Waals surface area contributed by atoms with E-state index < -0.39 is 38.9 Å². The number of carbonyl (C=O) groups is 2. The van der Waals surface area contributed by atoms with E-state index in [1.807, 2.05) is 5.32 Å². The topological polar surface area (TPSA) is 159 Å². The number of hydrogen-bond acceptors (Lipinski definition) is 5. The molecule has 0 aromatic heterocycles. The first-order valence-electron chi connectivity index (χ1n) is 3.68. The number of amides is 1. The number of hydrogen-bond donors (Lipinski definition) is 5. The van der Waals surface area contributed by atoms with Crippen LogP contribution in [0.2, 0.25) is 0 Å². The Morgan fingerprint density at radius 1 is 1.47 bits per heavy atom. The molecule has 0 saturated carbocycles. The number of carboxylic acids is 1. The molecule has 6 N–H and O–H groups in total. The molecule has 9 nitrogen and oxygen atoms in total. The van der Waals surface area contributed by atoms with Crippen LogP contribution in [-0.4, -0.2) is 46.0 Å². The van der Waals surface area contributed by atoms with Crippen LogP contribution < -0.4 is 11.1 Å². The molecule has 0 saturated heterocycles. The smallest absolute Gasteiger partial charge is 0.469 e. The van der Waals surface area contributed by atoms with Crippen LogP contribution in [0.4, 0.5) is 0 Å². The van der Waals surface area contributed by atoms with Crippen molar-refractivity contribution >= 4 is 19.7 Å². The van der Waals surface area contributed by atoms with Crippen molar-refractivity contribution in [3.63, 3.8) is 0 Å². The highest BCUT2D eigenvalue weighted by Crippen LogP contribution is 2.35. The Bertz CT molecular complexity index is 287. The average molecular weight is 242 g/mol. The van der Waals surface area contributed by atoms with E-state index in [4.69, 9.17) is 20.6 Å². The second kappa shape index (κ2) is 5.79. The number of rotatable bonds is 6. The van der Waals surface area contributed by atoms with E-state index in [9.17, 15) is 14.2 Å². The van der Waals surface area contributed by atoms with E-state index >= 15 is 0 Å². The Morgan fingerprint density at radius 3 is 2.33 bits per heavy atom. The number of nitrogens with two attached hydrogens (primary N) is 1. The third kappa shape index (κ3) is 7.00. The summed E-state index contributed by atoms with van der Waals surface area (Å²) in [6.07, 6.45) is 0. The molecule has 0 fully saturated rings. The maximum atomic E-state index is 10.7. The molecule has 0 spiro atoms. The largest absolute Gasteiger partial charge is 0.480 e. The van der Waals surface area contributed by atoms with Crippen LogP contribution in [-0.2, 0) is 18.7 Å². The summed E-state index contributed by atoms with van der Waals surface area (Å²) in [5, 5.41) is 10.4. The number of phosphoric ester groups is 1. The first kappa shape index (κ1) is 14.0. The molecule has 0 aromatic carbocycles. The normalized spacial score (nSPS) is 13.3. The first-order chi connectivity index (χ1) is 6.76. The van der Waals surface area contributed by atoms with Crippen LogP contribution in [0.15, 0.2) is 0 Å². The van der Waals surface area contributed by atoms with Crippen molar-refractivity contribution in [1.29, 1.82) is 0 Å². The zero-order chi connectivity index (χ0) is 12.1. The molecule has 15 heavy (non-hydrogen) atoms. The van der Waals surface area contributed by atoms with Crippen LogP contribution in [0.3, 0.4) is 0 Å². The molecule has 0 aliphatic rings. The molecule has 88 valence electrons. The maximum Gasteiger partial charge on any atom is 0.469 e. The second-order valence-electron chi connectivity index (χ2n) is 2.45. The molecule has 0 radical (unpaired) electrons. The van der Waals surface area contributed by atoms with Crippen LogP contribution in [0.5, 0.6) is 0 Å². The van der Waals surface area contributed by atoms with Gasteiger partial charge in [-0.2, -0.15) is 0 Å². The Hall–Kier alpha value is -0.990. The van der Waals surface area contributed by atoms with E-state index in [2.05, 4.69) is 4.52 Å². The monoisotopic (exact) mass is 242 g/mol. The fraction of sp³-hybridized carbons (Fsp3) is 0.600. The fourth-order valence-corrected chi connectivity index (χ4v) is 0.943. The highest BCUT2D eigenvalue weighted by atomic mass is 31.2. The van der Waals surface area contributed by atoms with Crippen molar-refractivity contribution in [2.24, 2.45) is 5.73 Å². The van der Waals surface area contributed by atoms with Gasteiger partial charge < -0.3 is 25.9 Å². The van der Waals surface area contributed by atoms with E-state index in [0.29, 0.717) is 0 Å². The fourth-order valence-electron chi connectivity index (χ4n) is 0.600. The molecule has 0 aliphatic heterocycles. The van der Waals surface area contributed by atoms with Crippen LogP contribution in [0.25, 0.3) is 0 Å². The summed E-state index contributed by atoms with van der Waals surface area (Å²) >= 11 is 0. The molecule has 0 rings (SSSR count). The van der Waals surface area contributed by atoms with Crippen molar-refractivity contribution < 1.29 is 33.6 Å². The Labute approximate surface area is 84.5 Å². The zero-order valence-corrected chi connectivity index (χ0v) is 8.39. The molecule has 0 aliphatic carbocycles. The Kier molecular flexibility index (Phi) is 5.40. The third-order valence-electron chi connectivity index (χ3n) is 1.23. The van der Waals surface area contributed by atoms with Gasteiger partial charge in [0.15, 0.2) is 6.04 Å². The minimum atomic E-state index is -4.76. The summed E-state index contributed by atoms with van der Waals surface area (Å²) in [4.78, 5) is 37.8. The summed E-state index contributed by atoms with van der Waals surface area (Å²) < 4.78 is 14.2. The lowest BCUT2D eigenvalue weighted by atomic mass is 10.3. The van der Waals surface area contributed by atoms with Crippen molar-refractivity contribution in [3.05, 3.63) is 0 Å². The van der Waals surface area contributed by atoms with Crippen LogP contribution in [0, 0.1) is 0 Å². The quantitative estimate of drug-likeness (QED) is 0.323. The van der Waals surface area contributed by atoms with Crippen molar-refractivity contribution in [1.82, 2.24) is 5.32 Å². The Morgan fingerprint density at radius 2 is 2.00 bits per heavy atom. The lowest BCUT2D eigenvalue weighted by molar-refractivity contribution is -0.142. The first-order valence-corrected chi connectivity index (χ1v) is 5.21. The van der Waals surface area contributed by atoms with Crippen LogP contribution in [0.1, 0.15) is 0 Å². The van der Waals surface area contributed by atoms with Gasteiger partial charge in [-0.3, -0.25) is 9.32 Å². The lowest BCUT2D eigenvalue weighted by Gasteiger charge is -2.14. The lowest BCUT2D eigenvalue weighted by Crippen LogP contribution is -2.46. The van der Waals surface area contributed by atoms with E-state index in [-0.39, 0.29) is 0 Å². The van der Waals surface area contributed by atoms with Crippen molar-refractivity contribution in [3.8, 4) is 0 Å². The van der Waals surface area contributed by atoms with Gasteiger partial charge in [-0.05, 0) is 0 Å². The summed E-state index contributed by atoms with van der Waals surface area (Å²) in [6.45, 7) is -1.27. The van der Waals surface area contributed by atoms with Crippen molar-refractivity contribution in [2.75, 3.05) is 13.2 Å². The number of carbonyl (C=O) groups excluding carboxylic acids is 1. The molecule has 0 heterocycles. The molecular weight excluding hydrogens is 231 g/mol. The average Bonchev–Trinajstić information content (AvgIpc) is 2.09. The molecule has 0 bridgehead atoms. The van der Waals surface area contributed by atoms with Gasteiger partial charge >= 0.3 is 13.8 Å². The number of phosphoric acid groups is 1. The van der Waals surface area contributed by atoms with Gasteiger partial charge in [0, 0.05) is 0 Å². The third-order valence-corrected chi connectivity index (χ3v) is 1.71. The highest BCUT2D eigenvalue weighted by Gasteiger charge is 2.24. The molecular formula is C5H11N2O7P. The zero-order valence-electron chi connectivity index (χ0n) is 7.49.